The van der Waals surface area contributed by atoms with Crippen LogP contribution in [0.2, 0.25) is 5.02 Å². The molecule has 1 atom stereocenters. The highest BCUT2D eigenvalue weighted by molar-refractivity contribution is 6.31. The molecule has 0 aromatic carbocycles. The Morgan fingerprint density at radius 2 is 2.28 bits per heavy atom. The molecule has 1 aliphatic heterocycles. The summed E-state index contributed by atoms with van der Waals surface area (Å²) in [5, 5.41) is 9.77. The summed E-state index contributed by atoms with van der Waals surface area (Å²) in [6, 6.07) is 2.45. The van der Waals surface area contributed by atoms with Crippen molar-refractivity contribution in [2.45, 2.75) is 26.0 Å². The minimum atomic E-state index is -0.0424. The molecule has 1 fully saturated rings. The Morgan fingerprint density at radius 3 is 2.94 bits per heavy atom. The molecule has 5 heteroatoms. The smallest absolute Gasteiger partial charge is 0.129 e. The fraction of sp³-hybridized carbons (Fsp3) is 0.615. The molecule has 1 aliphatic rings. The van der Waals surface area contributed by atoms with Crippen LogP contribution in [0.1, 0.15) is 18.9 Å². The number of nitrogens with zero attached hydrogens (tertiary/aromatic N) is 3. The molecule has 1 aromatic rings. The number of rotatable bonds is 3. The van der Waals surface area contributed by atoms with Gasteiger partial charge in [-0.05, 0) is 19.5 Å². The van der Waals surface area contributed by atoms with E-state index in [1.54, 1.807) is 6.20 Å². The van der Waals surface area contributed by atoms with Crippen LogP contribution in [0.15, 0.2) is 12.3 Å². The van der Waals surface area contributed by atoms with Crippen molar-refractivity contribution in [1.29, 1.82) is 0 Å². The van der Waals surface area contributed by atoms with E-state index in [1.165, 1.54) is 0 Å². The van der Waals surface area contributed by atoms with Crippen LogP contribution in [0.25, 0.3) is 0 Å². The van der Waals surface area contributed by atoms with Gasteiger partial charge in [0.2, 0.25) is 0 Å². The molecule has 1 saturated heterocycles. The van der Waals surface area contributed by atoms with Gasteiger partial charge in [0.25, 0.3) is 0 Å². The zero-order valence-corrected chi connectivity index (χ0v) is 11.7. The first-order valence-corrected chi connectivity index (χ1v) is 6.74. The second-order valence-electron chi connectivity index (χ2n) is 4.78. The van der Waals surface area contributed by atoms with Crippen LogP contribution in [-0.4, -0.2) is 47.7 Å². The highest BCUT2D eigenvalue weighted by Gasteiger charge is 2.23. The number of aromatic nitrogens is 1. The summed E-state index contributed by atoms with van der Waals surface area (Å²) in [6.45, 7) is 5.15. The van der Waals surface area contributed by atoms with Gasteiger partial charge in [-0.3, -0.25) is 4.90 Å². The number of halogens is 1. The van der Waals surface area contributed by atoms with Gasteiger partial charge in [-0.1, -0.05) is 18.5 Å². The standard InChI is InChI=1S/C13H20ClN3O/c1-3-11-8-17(5-4-16(11)2)13-6-10(9-18)12(14)7-15-13/h6-7,11,18H,3-5,8-9H2,1-2H3. The highest BCUT2D eigenvalue weighted by atomic mass is 35.5. The predicted octanol–water partition coefficient (Wildman–Crippen LogP) is 1.76. The van der Waals surface area contributed by atoms with E-state index >= 15 is 0 Å². The van der Waals surface area contributed by atoms with Crippen LogP contribution in [0, 0.1) is 0 Å². The van der Waals surface area contributed by atoms with Gasteiger partial charge in [0.05, 0.1) is 11.6 Å². The van der Waals surface area contributed by atoms with Crippen molar-refractivity contribution >= 4 is 17.4 Å². The molecule has 4 nitrogen and oxygen atoms in total. The topological polar surface area (TPSA) is 39.6 Å². The van der Waals surface area contributed by atoms with Crippen molar-refractivity contribution in [3.05, 3.63) is 22.8 Å². The van der Waals surface area contributed by atoms with Crippen molar-refractivity contribution in [2.75, 3.05) is 31.6 Å². The van der Waals surface area contributed by atoms with Crippen LogP contribution >= 0.6 is 11.6 Å². The lowest BCUT2D eigenvalue weighted by Crippen LogP contribution is -2.51. The van der Waals surface area contributed by atoms with Crippen molar-refractivity contribution < 1.29 is 5.11 Å². The van der Waals surface area contributed by atoms with E-state index in [-0.39, 0.29) is 6.61 Å². The molecular formula is C13H20ClN3O. The summed E-state index contributed by atoms with van der Waals surface area (Å²) < 4.78 is 0. The molecule has 18 heavy (non-hydrogen) atoms. The zero-order chi connectivity index (χ0) is 13.1. The average Bonchev–Trinajstić information content (AvgIpc) is 2.40. The monoisotopic (exact) mass is 269 g/mol. The lowest BCUT2D eigenvalue weighted by atomic mass is 10.1. The van der Waals surface area contributed by atoms with E-state index < -0.39 is 0 Å². The van der Waals surface area contributed by atoms with Crippen LogP contribution in [0.4, 0.5) is 5.82 Å². The lowest BCUT2D eigenvalue weighted by molar-refractivity contribution is 0.213. The van der Waals surface area contributed by atoms with Gasteiger partial charge in [-0.25, -0.2) is 4.98 Å². The summed E-state index contributed by atoms with van der Waals surface area (Å²) in [5.41, 5.74) is 0.744. The van der Waals surface area contributed by atoms with E-state index in [0.717, 1.165) is 37.4 Å². The van der Waals surface area contributed by atoms with Gasteiger partial charge in [-0.15, -0.1) is 0 Å². The first-order valence-electron chi connectivity index (χ1n) is 6.36. The molecule has 0 spiro atoms. The highest BCUT2D eigenvalue weighted by Crippen LogP contribution is 2.23. The Labute approximate surface area is 113 Å². The largest absolute Gasteiger partial charge is 0.392 e. The minimum absolute atomic E-state index is 0.0424. The molecule has 1 unspecified atom stereocenters. The average molecular weight is 270 g/mol. The number of aliphatic hydroxyl groups excluding tert-OH is 1. The molecule has 0 radical (unpaired) electrons. The van der Waals surface area contributed by atoms with Crippen molar-refractivity contribution in [1.82, 2.24) is 9.88 Å². The maximum Gasteiger partial charge on any atom is 0.129 e. The van der Waals surface area contributed by atoms with Gasteiger partial charge >= 0.3 is 0 Å². The fourth-order valence-corrected chi connectivity index (χ4v) is 2.52. The number of hydrogen-bond acceptors (Lipinski definition) is 4. The molecule has 0 bridgehead atoms. The van der Waals surface area contributed by atoms with Gasteiger partial charge in [0.15, 0.2) is 0 Å². The Balaban J connectivity index is 2.16. The van der Waals surface area contributed by atoms with Crippen LogP contribution in [-0.2, 0) is 6.61 Å². The fourth-order valence-electron chi connectivity index (χ4n) is 2.36. The number of aliphatic hydroxyl groups is 1. The molecule has 1 N–H and O–H groups in total. The SMILES string of the molecule is CCC1CN(c2cc(CO)c(Cl)cn2)CCN1C. The Kier molecular flexibility index (Phi) is 4.43. The van der Waals surface area contributed by atoms with Crippen LogP contribution in [0.3, 0.4) is 0 Å². The molecule has 0 amide bonds. The molecule has 2 rings (SSSR count). The number of likely N-dealkylation sites (N-methyl/N-ethyl adjacent to an activating group) is 1. The van der Waals surface area contributed by atoms with Crippen molar-refractivity contribution in [3.8, 4) is 0 Å². The predicted molar refractivity (Wildman–Crippen MR) is 74.1 cm³/mol. The summed E-state index contributed by atoms with van der Waals surface area (Å²) in [4.78, 5) is 9.02. The van der Waals surface area contributed by atoms with Gasteiger partial charge in [0.1, 0.15) is 5.82 Å². The summed E-state index contributed by atoms with van der Waals surface area (Å²) in [6.07, 6.45) is 2.76. The number of anilines is 1. The normalized spacial score (nSPS) is 21.3. The first-order chi connectivity index (χ1) is 8.65. The van der Waals surface area contributed by atoms with E-state index in [0.29, 0.717) is 11.1 Å². The Morgan fingerprint density at radius 1 is 1.50 bits per heavy atom. The maximum absolute atomic E-state index is 9.24. The second-order valence-corrected chi connectivity index (χ2v) is 5.19. The first kappa shape index (κ1) is 13.6. The number of pyridine rings is 1. The molecule has 2 heterocycles. The van der Waals surface area contributed by atoms with E-state index in [9.17, 15) is 5.11 Å². The Hall–Kier alpha value is -0.840. The third kappa shape index (κ3) is 2.76. The third-order valence-electron chi connectivity index (χ3n) is 3.66. The lowest BCUT2D eigenvalue weighted by Gasteiger charge is -2.39. The zero-order valence-electron chi connectivity index (χ0n) is 10.9. The quantitative estimate of drug-likeness (QED) is 0.908. The van der Waals surface area contributed by atoms with Crippen LogP contribution in [0.5, 0.6) is 0 Å². The van der Waals surface area contributed by atoms with Gasteiger partial charge in [0, 0.05) is 37.4 Å². The van der Waals surface area contributed by atoms with E-state index in [4.69, 9.17) is 11.6 Å². The summed E-state index contributed by atoms with van der Waals surface area (Å²) in [7, 11) is 2.17. The van der Waals surface area contributed by atoms with Crippen molar-refractivity contribution in [2.24, 2.45) is 0 Å². The Bertz CT molecular complexity index is 413. The second kappa shape index (κ2) is 5.87. The van der Waals surface area contributed by atoms with Crippen molar-refractivity contribution in [3.63, 3.8) is 0 Å². The summed E-state index contributed by atoms with van der Waals surface area (Å²) >= 11 is 5.97. The minimum Gasteiger partial charge on any atom is -0.392 e. The van der Waals surface area contributed by atoms with Gasteiger partial charge in [-0.2, -0.15) is 0 Å². The molecule has 100 valence electrons. The molecule has 1 aromatic heterocycles. The molecular weight excluding hydrogens is 250 g/mol. The summed E-state index contributed by atoms with van der Waals surface area (Å²) in [5.74, 6) is 0.912. The third-order valence-corrected chi connectivity index (χ3v) is 4.00. The number of piperazine rings is 1. The molecule has 0 aliphatic carbocycles. The van der Waals surface area contributed by atoms with E-state index in [1.807, 2.05) is 6.07 Å². The maximum atomic E-state index is 9.24. The molecule has 0 saturated carbocycles. The van der Waals surface area contributed by atoms with Gasteiger partial charge < -0.3 is 10.0 Å². The van der Waals surface area contributed by atoms with Crippen LogP contribution < -0.4 is 4.90 Å². The number of hydrogen-bond donors (Lipinski definition) is 1. The van der Waals surface area contributed by atoms with E-state index in [2.05, 4.69) is 28.8 Å².